The summed E-state index contributed by atoms with van der Waals surface area (Å²) in [6.07, 6.45) is -1.99. The third kappa shape index (κ3) is 6.86. The van der Waals surface area contributed by atoms with Gasteiger partial charge >= 0.3 is 6.09 Å². The molecule has 10 heteroatoms. The first-order valence-electron chi connectivity index (χ1n) is 10.6. The highest BCUT2D eigenvalue weighted by Crippen LogP contribution is 2.31. The Hall–Kier alpha value is -2.84. The van der Waals surface area contributed by atoms with Gasteiger partial charge in [-0.05, 0) is 36.2 Å². The second kappa shape index (κ2) is 11.3. The summed E-state index contributed by atoms with van der Waals surface area (Å²) in [5, 5.41) is 2.53. The minimum absolute atomic E-state index is 0.0715. The van der Waals surface area contributed by atoms with Crippen LogP contribution in [0.5, 0.6) is 0 Å². The highest BCUT2D eigenvalue weighted by Gasteiger charge is 2.34. The number of para-hydroxylation sites is 1. The fourth-order valence-corrected chi connectivity index (χ4v) is 4.34. The molecule has 180 valence electrons. The van der Waals surface area contributed by atoms with Crippen LogP contribution in [0.25, 0.3) is 17.1 Å². The van der Waals surface area contributed by atoms with E-state index in [-0.39, 0.29) is 6.61 Å². The lowest BCUT2D eigenvalue weighted by atomic mass is 10.1. The van der Waals surface area contributed by atoms with Crippen molar-refractivity contribution in [2.75, 3.05) is 0 Å². The SMILES string of the molecule is Cc1ccc(-c2n/c(=N/C(NC(=O)OCc3ccccc3)C(Cl)(Cl)Cl)sn2-c2ccccc2)cc1. The van der Waals surface area contributed by atoms with Gasteiger partial charge < -0.3 is 4.74 Å². The number of amides is 1. The van der Waals surface area contributed by atoms with Crippen LogP contribution in [0.4, 0.5) is 4.79 Å². The monoisotopic (exact) mass is 546 g/mol. The number of halogens is 3. The van der Waals surface area contributed by atoms with Crippen molar-refractivity contribution in [3.05, 3.63) is 101 Å². The topological polar surface area (TPSA) is 68.5 Å². The lowest BCUT2D eigenvalue weighted by Crippen LogP contribution is -2.43. The second-order valence-corrected chi connectivity index (χ2v) is 10.9. The number of ether oxygens (including phenoxy) is 1. The number of aryl methyl sites for hydroxylation is 1. The summed E-state index contributed by atoms with van der Waals surface area (Å²) in [5.41, 5.74) is 3.77. The number of aromatic nitrogens is 2. The molecule has 0 bridgehead atoms. The van der Waals surface area contributed by atoms with Gasteiger partial charge in [-0.25, -0.2) is 13.7 Å². The maximum atomic E-state index is 12.4. The van der Waals surface area contributed by atoms with E-state index < -0.39 is 16.1 Å². The van der Waals surface area contributed by atoms with Crippen LogP contribution >= 0.6 is 46.3 Å². The molecule has 0 radical (unpaired) electrons. The van der Waals surface area contributed by atoms with Crippen LogP contribution in [0.2, 0.25) is 0 Å². The molecule has 1 heterocycles. The molecule has 0 aliphatic carbocycles. The van der Waals surface area contributed by atoms with Crippen LogP contribution in [0.1, 0.15) is 11.1 Å². The highest BCUT2D eigenvalue weighted by molar-refractivity contribution is 7.04. The molecule has 0 spiro atoms. The van der Waals surface area contributed by atoms with E-state index in [9.17, 15) is 4.79 Å². The van der Waals surface area contributed by atoms with Gasteiger partial charge in [-0.2, -0.15) is 4.98 Å². The number of nitrogens with one attached hydrogen (secondary N) is 1. The molecule has 4 rings (SSSR count). The number of hydrogen-bond donors (Lipinski definition) is 1. The minimum Gasteiger partial charge on any atom is -0.445 e. The summed E-state index contributed by atoms with van der Waals surface area (Å²) >= 11 is 19.7. The number of benzene rings is 3. The predicted molar refractivity (Wildman–Crippen MR) is 141 cm³/mol. The third-order valence-electron chi connectivity index (χ3n) is 4.88. The first kappa shape index (κ1) is 25.3. The number of rotatable bonds is 6. The van der Waals surface area contributed by atoms with Crippen LogP contribution in [0.15, 0.2) is 89.9 Å². The van der Waals surface area contributed by atoms with E-state index in [2.05, 4.69) is 15.3 Å². The van der Waals surface area contributed by atoms with Crippen LogP contribution in [-0.2, 0) is 11.3 Å². The summed E-state index contributed by atoms with van der Waals surface area (Å²) in [5.74, 6) is 0.676. The maximum Gasteiger partial charge on any atom is 0.409 e. The zero-order chi connectivity index (χ0) is 24.8. The molecule has 3 aromatic carbocycles. The zero-order valence-electron chi connectivity index (χ0n) is 18.6. The van der Waals surface area contributed by atoms with Crippen molar-refractivity contribution >= 4 is 52.4 Å². The van der Waals surface area contributed by atoms with Crippen LogP contribution in [-0.4, -0.2) is 25.0 Å². The first-order chi connectivity index (χ1) is 16.8. The van der Waals surface area contributed by atoms with E-state index in [1.54, 1.807) is 0 Å². The number of carbonyl (C=O) groups is 1. The van der Waals surface area contributed by atoms with Gasteiger partial charge in [-0.15, -0.1) is 0 Å². The Labute approximate surface area is 221 Å². The summed E-state index contributed by atoms with van der Waals surface area (Å²) in [6.45, 7) is 2.09. The summed E-state index contributed by atoms with van der Waals surface area (Å²) < 4.78 is 5.27. The number of carbonyl (C=O) groups excluding carboxylic acids is 1. The van der Waals surface area contributed by atoms with E-state index >= 15 is 0 Å². The van der Waals surface area contributed by atoms with Gasteiger partial charge in [0.2, 0.25) is 8.59 Å². The molecule has 0 saturated carbocycles. The number of hydrogen-bond acceptors (Lipinski definition) is 5. The van der Waals surface area contributed by atoms with Gasteiger partial charge in [-0.1, -0.05) is 113 Å². The van der Waals surface area contributed by atoms with Crippen molar-refractivity contribution in [1.29, 1.82) is 0 Å². The molecule has 0 saturated heterocycles. The highest BCUT2D eigenvalue weighted by atomic mass is 35.6. The number of alkyl halides is 3. The summed E-state index contributed by atoms with van der Waals surface area (Å²) in [7, 11) is 0. The summed E-state index contributed by atoms with van der Waals surface area (Å²) in [4.78, 5) is 21.9. The van der Waals surface area contributed by atoms with E-state index in [0.717, 1.165) is 22.4 Å². The third-order valence-corrected chi connectivity index (χ3v) is 6.43. The molecular weight excluding hydrogens is 527 g/mol. The lowest BCUT2D eigenvalue weighted by Gasteiger charge is -2.20. The average molecular weight is 548 g/mol. The molecule has 0 fully saturated rings. The van der Waals surface area contributed by atoms with Crippen molar-refractivity contribution in [3.8, 4) is 17.1 Å². The van der Waals surface area contributed by atoms with Crippen molar-refractivity contribution in [2.45, 2.75) is 23.5 Å². The largest absolute Gasteiger partial charge is 0.445 e. The normalized spacial score (nSPS) is 12.9. The van der Waals surface area contributed by atoms with Crippen molar-refractivity contribution in [2.24, 2.45) is 4.99 Å². The molecule has 6 nitrogen and oxygen atoms in total. The van der Waals surface area contributed by atoms with Crippen LogP contribution in [0, 0.1) is 6.92 Å². The van der Waals surface area contributed by atoms with E-state index in [0.29, 0.717) is 10.6 Å². The van der Waals surface area contributed by atoms with Crippen LogP contribution in [0.3, 0.4) is 0 Å². The standard InChI is InChI=1S/C25H21Cl3N4O2S/c1-17-12-14-19(15-13-17)21-29-23(35-32(21)20-10-6-3-7-11-20)30-22(25(26,27)28)31-24(33)34-16-18-8-4-2-5-9-18/h2-15,22H,16H2,1H3,(H,31,33)/b30-23-. The minimum atomic E-state index is -1.93. The van der Waals surface area contributed by atoms with Crippen LogP contribution < -0.4 is 10.1 Å². The van der Waals surface area contributed by atoms with Gasteiger partial charge in [0, 0.05) is 5.56 Å². The molecule has 1 aromatic heterocycles. The Morgan fingerprint density at radius 2 is 1.66 bits per heavy atom. The molecule has 35 heavy (non-hydrogen) atoms. The average Bonchev–Trinajstić information content (AvgIpc) is 3.27. The van der Waals surface area contributed by atoms with Gasteiger partial charge in [-0.3, -0.25) is 5.32 Å². The first-order valence-corrected chi connectivity index (χ1v) is 12.5. The number of alkyl carbamates (subject to hydrolysis) is 1. The molecule has 1 amide bonds. The lowest BCUT2D eigenvalue weighted by molar-refractivity contribution is 0.136. The fourth-order valence-electron chi connectivity index (χ4n) is 3.13. The van der Waals surface area contributed by atoms with Crippen molar-refractivity contribution < 1.29 is 9.53 Å². The second-order valence-electron chi connectivity index (χ2n) is 7.58. The Morgan fingerprint density at radius 3 is 2.29 bits per heavy atom. The molecule has 4 aromatic rings. The van der Waals surface area contributed by atoms with E-state index in [1.165, 1.54) is 11.5 Å². The van der Waals surface area contributed by atoms with Gasteiger partial charge in [0.15, 0.2) is 12.0 Å². The Bertz CT molecular complexity index is 1340. The Kier molecular flexibility index (Phi) is 8.13. The quantitative estimate of drug-likeness (QED) is 0.283. The molecule has 1 N–H and O–H groups in total. The predicted octanol–water partition coefficient (Wildman–Crippen LogP) is 6.43. The smallest absolute Gasteiger partial charge is 0.409 e. The molecular formula is C25H21Cl3N4O2S. The van der Waals surface area contributed by atoms with E-state index in [4.69, 9.17) is 39.5 Å². The molecule has 0 aliphatic rings. The van der Waals surface area contributed by atoms with Gasteiger partial charge in [0.05, 0.1) is 5.69 Å². The number of nitrogens with zero attached hydrogens (tertiary/aromatic N) is 3. The van der Waals surface area contributed by atoms with Gasteiger partial charge in [0.25, 0.3) is 0 Å². The maximum absolute atomic E-state index is 12.4. The summed E-state index contributed by atoms with van der Waals surface area (Å²) in [6, 6.07) is 27.0. The Morgan fingerprint density at radius 1 is 1.03 bits per heavy atom. The van der Waals surface area contributed by atoms with E-state index in [1.807, 2.05) is 95.8 Å². The van der Waals surface area contributed by atoms with Crippen molar-refractivity contribution in [3.63, 3.8) is 0 Å². The van der Waals surface area contributed by atoms with Gasteiger partial charge in [0.1, 0.15) is 6.61 Å². The molecule has 0 aliphatic heterocycles. The fraction of sp³-hybridized carbons (Fsp3) is 0.160. The Balaban J connectivity index is 1.65. The molecule has 1 unspecified atom stereocenters. The molecule has 1 atom stereocenters. The van der Waals surface area contributed by atoms with Crippen molar-refractivity contribution in [1.82, 2.24) is 14.3 Å². The zero-order valence-corrected chi connectivity index (χ0v) is 21.7.